The minimum Gasteiger partial charge on any atom is -0.481 e. The van der Waals surface area contributed by atoms with Crippen molar-refractivity contribution in [2.24, 2.45) is 11.8 Å². The maximum atomic E-state index is 14.1. The van der Waals surface area contributed by atoms with E-state index in [2.05, 4.69) is 15.9 Å². The van der Waals surface area contributed by atoms with Crippen LogP contribution in [-0.2, 0) is 4.79 Å². The van der Waals surface area contributed by atoms with E-state index in [0.29, 0.717) is 13.0 Å². The van der Waals surface area contributed by atoms with Gasteiger partial charge in [0, 0.05) is 18.1 Å². The first-order valence-corrected chi connectivity index (χ1v) is 7.63. The van der Waals surface area contributed by atoms with E-state index in [4.69, 9.17) is 16.7 Å². The van der Waals surface area contributed by atoms with Crippen LogP contribution in [0.25, 0.3) is 0 Å². The van der Waals surface area contributed by atoms with Crippen molar-refractivity contribution < 1.29 is 19.1 Å². The lowest BCUT2D eigenvalue weighted by atomic mass is 9.90. The Balaban J connectivity index is 2.29. The maximum absolute atomic E-state index is 14.1. The average Bonchev–Trinajstić information content (AvgIpc) is 2.41. The smallest absolute Gasteiger partial charge is 0.308 e. The van der Waals surface area contributed by atoms with Crippen molar-refractivity contribution in [3.05, 3.63) is 33.0 Å². The molecule has 2 unspecified atom stereocenters. The third kappa shape index (κ3) is 3.55. The SMILES string of the molecule is CC1CC(C(=O)O)CN(C(=O)c2cc(Cl)cc(Br)c2F)C1. The van der Waals surface area contributed by atoms with Crippen LogP contribution in [0.4, 0.5) is 4.39 Å². The van der Waals surface area contributed by atoms with E-state index in [1.807, 2.05) is 6.92 Å². The highest BCUT2D eigenvalue weighted by Gasteiger charge is 2.33. The van der Waals surface area contributed by atoms with Crippen LogP contribution in [0.5, 0.6) is 0 Å². The predicted molar refractivity (Wildman–Crippen MR) is 79.9 cm³/mol. The molecule has 1 aromatic rings. The van der Waals surface area contributed by atoms with Crippen LogP contribution >= 0.6 is 27.5 Å². The van der Waals surface area contributed by atoms with Crippen molar-refractivity contribution in [1.82, 2.24) is 4.90 Å². The largest absolute Gasteiger partial charge is 0.481 e. The normalized spacial score (nSPS) is 22.2. The summed E-state index contributed by atoms with van der Waals surface area (Å²) in [6, 6.07) is 2.63. The van der Waals surface area contributed by atoms with Crippen LogP contribution in [0, 0.1) is 17.7 Å². The van der Waals surface area contributed by atoms with E-state index in [0.717, 1.165) is 0 Å². The molecule has 2 atom stereocenters. The second kappa shape index (κ2) is 6.32. The van der Waals surface area contributed by atoms with Crippen LogP contribution in [0.3, 0.4) is 0 Å². The molecule has 1 N–H and O–H groups in total. The molecule has 7 heteroatoms. The number of carbonyl (C=O) groups is 2. The molecule has 1 aromatic carbocycles. The maximum Gasteiger partial charge on any atom is 0.308 e. The summed E-state index contributed by atoms with van der Waals surface area (Å²) in [5, 5.41) is 9.37. The number of carbonyl (C=O) groups excluding carboxylic acids is 1. The van der Waals surface area contributed by atoms with Gasteiger partial charge in [0.05, 0.1) is 16.0 Å². The highest BCUT2D eigenvalue weighted by molar-refractivity contribution is 9.10. The molecule has 0 aromatic heterocycles. The summed E-state index contributed by atoms with van der Waals surface area (Å²) in [6.07, 6.45) is 0.515. The molecule has 114 valence electrons. The molecule has 2 rings (SSSR count). The molecule has 1 fully saturated rings. The Morgan fingerprint density at radius 3 is 2.71 bits per heavy atom. The first kappa shape index (κ1) is 16.2. The van der Waals surface area contributed by atoms with Gasteiger partial charge >= 0.3 is 5.97 Å². The van der Waals surface area contributed by atoms with Crippen molar-refractivity contribution in [3.8, 4) is 0 Å². The number of nitrogens with zero attached hydrogens (tertiary/aromatic N) is 1. The van der Waals surface area contributed by atoms with Gasteiger partial charge in [-0.1, -0.05) is 18.5 Å². The zero-order valence-corrected chi connectivity index (χ0v) is 13.6. The van der Waals surface area contributed by atoms with Crippen LogP contribution in [-0.4, -0.2) is 35.0 Å². The lowest BCUT2D eigenvalue weighted by Crippen LogP contribution is -2.45. The number of aliphatic carboxylic acids is 1. The second-order valence-electron chi connectivity index (χ2n) is 5.34. The van der Waals surface area contributed by atoms with Gasteiger partial charge in [-0.2, -0.15) is 0 Å². The Labute approximate surface area is 135 Å². The van der Waals surface area contributed by atoms with Crippen molar-refractivity contribution in [2.45, 2.75) is 13.3 Å². The van der Waals surface area contributed by atoms with Crippen molar-refractivity contribution >= 4 is 39.4 Å². The minimum atomic E-state index is -0.938. The number of carboxylic acid groups (broad SMARTS) is 1. The molecule has 1 heterocycles. The van der Waals surface area contributed by atoms with Crippen molar-refractivity contribution in [2.75, 3.05) is 13.1 Å². The zero-order valence-electron chi connectivity index (χ0n) is 11.3. The molecule has 4 nitrogen and oxygen atoms in total. The van der Waals surface area contributed by atoms with Crippen molar-refractivity contribution in [3.63, 3.8) is 0 Å². The molecule has 0 saturated carbocycles. The number of halogens is 3. The van der Waals surface area contributed by atoms with E-state index in [1.165, 1.54) is 17.0 Å². The number of amides is 1. The van der Waals surface area contributed by atoms with E-state index in [1.54, 1.807) is 0 Å². The molecule has 0 spiro atoms. The Morgan fingerprint density at radius 1 is 1.43 bits per heavy atom. The number of rotatable bonds is 2. The van der Waals surface area contributed by atoms with Gasteiger partial charge < -0.3 is 10.0 Å². The first-order chi connectivity index (χ1) is 9.79. The number of likely N-dealkylation sites (tertiary alicyclic amines) is 1. The van der Waals surface area contributed by atoms with Gasteiger partial charge in [0.2, 0.25) is 0 Å². The summed E-state index contributed by atoms with van der Waals surface area (Å²) in [5.41, 5.74) is -0.146. The van der Waals surface area contributed by atoms with Gasteiger partial charge in [0.25, 0.3) is 5.91 Å². The van der Waals surface area contributed by atoms with Gasteiger partial charge in [-0.3, -0.25) is 9.59 Å². The molecule has 0 aliphatic carbocycles. The summed E-state index contributed by atoms with van der Waals surface area (Å²) in [4.78, 5) is 25.0. The zero-order chi connectivity index (χ0) is 15.7. The summed E-state index contributed by atoms with van der Waals surface area (Å²) in [7, 11) is 0. The fraction of sp³-hybridized carbons (Fsp3) is 0.429. The molecule has 1 aliphatic heterocycles. The predicted octanol–water partition coefficient (Wildman–Crippen LogP) is 3.42. The fourth-order valence-corrected chi connectivity index (χ4v) is 3.39. The lowest BCUT2D eigenvalue weighted by Gasteiger charge is -2.34. The topological polar surface area (TPSA) is 57.6 Å². The van der Waals surface area contributed by atoms with Gasteiger partial charge in [0.15, 0.2) is 0 Å². The molecular weight excluding hydrogens is 365 g/mol. The average molecular weight is 379 g/mol. The minimum absolute atomic E-state index is 0.0505. The molecule has 0 radical (unpaired) electrons. The van der Waals surface area contributed by atoms with E-state index in [9.17, 15) is 14.0 Å². The molecule has 21 heavy (non-hydrogen) atoms. The Hall–Kier alpha value is -1.14. The monoisotopic (exact) mass is 377 g/mol. The van der Waals surface area contributed by atoms with E-state index in [-0.39, 0.29) is 27.5 Å². The highest BCUT2D eigenvalue weighted by Crippen LogP contribution is 2.28. The third-order valence-corrected chi connectivity index (χ3v) is 4.31. The van der Waals surface area contributed by atoms with Crippen LogP contribution < -0.4 is 0 Å². The Bertz CT molecular complexity index is 596. The lowest BCUT2D eigenvalue weighted by molar-refractivity contribution is -0.143. The number of benzene rings is 1. The summed E-state index contributed by atoms with van der Waals surface area (Å²) in [5.74, 6) is -2.73. The molecular formula is C14H14BrClFNO3. The van der Waals surface area contributed by atoms with Crippen LogP contribution in [0.15, 0.2) is 16.6 Å². The quantitative estimate of drug-likeness (QED) is 0.802. The van der Waals surface area contributed by atoms with Gasteiger partial charge in [0.1, 0.15) is 5.82 Å². The molecule has 1 amide bonds. The first-order valence-electron chi connectivity index (χ1n) is 6.46. The molecule has 1 aliphatic rings. The summed E-state index contributed by atoms with van der Waals surface area (Å²) in [6.45, 7) is 2.37. The summed E-state index contributed by atoms with van der Waals surface area (Å²) < 4.78 is 14.2. The molecule has 1 saturated heterocycles. The van der Waals surface area contributed by atoms with Gasteiger partial charge in [-0.15, -0.1) is 0 Å². The Morgan fingerprint density at radius 2 is 2.10 bits per heavy atom. The van der Waals surface area contributed by atoms with Gasteiger partial charge in [-0.05, 0) is 40.4 Å². The summed E-state index contributed by atoms with van der Waals surface area (Å²) >= 11 is 8.86. The molecule has 0 bridgehead atoms. The number of hydrogen-bond donors (Lipinski definition) is 1. The highest BCUT2D eigenvalue weighted by atomic mass is 79.9. The second-order valence-corrected chi connectivity index (χ2v) is 6.63. The van der Waals surface area contributed by atoms with Crippen LogP contribution in [0.1, 0.15) is 23.7 Å². The Kier molecular flexibility index (Phi) is 4.88. The van der Waals surface area contributed by atoms with Crippen molar-refractivity contribution in [1.29, 1.82) is 0 Å². The fourth-order valence-electron chi connectivity index (χ4n) is 2.58. The number of piperidine rings is 1. The standard InChI is InChI=1S/C14H14BrClFNO3/c1-7-2-8(14(20)21)6-18(5-7)13(19)10-3-9(16)4-11(15)12(10)17/h3-4,7-8H,2,5-6H2,1H3,(H,20,21). The third-order valence-electron chi connectivity index (χ3n) is 3.52. The number of hydrogen-bond acceptors (Lipinski definition) is 2. The van der Waals surface area contributed by atoms with Crippen LogP contribution in [0.2, 0.25) is 5.02 Å². The number of carboxylic acids is 1. The van der Waals surface area contributed by atoms with E-state index >= 15 is 0 Å². The van der Waals surface area contributed by atoms with E-state index < -0.39 is 23.6 Å². The van der Waals surface area contributed by atoms with Gasteiger partial charge in [-0.25, -0.2) is 4.39 Å².